The maximum absolute atomic E-state index is 12.8. The maximum atomic E-state index is 12.8. The number of thiophene rings is 1. The van der Waals surface area contributed by atoms with Gasteiger partial charge in [-0.05, 0) is 24.8 Å². The molecule has 4 rings (SSSR count). The van der Waals surface area contributed by atoms with Gasteiger partial charge in [-0.25, -0.2) is 4.98 Å². The Hall–Kier alpha value is -2.45. The molecule has 0 unspecified atom stereocenters. The number of imidazole rings is 1. The zero-order chi connectivity index (χ0) is 17.9. The van der Waals surface area contributed by atoms with Gasteiger partial charge in [0, 0.05) is 43.3 Å². The molecule has 0 saturated heterocycles. The molecule has 4 heterocycles. The van der Waals surface area contributed by atoms with Crippen LogP contribution in [-0.4, -0.2) is 38.6 Å². The summed E-state index contributed by atoms with van der Waals surface area (Å²) in [6, 6.07) is 5.77. The monoisotopic (exact) mass is 371 g/mol. The molecule has 3 aromatic rings. The van der Waals surface area contributed by atoms with Crippen molar-refractivity contribution in [3.63, 3.8) is 0 Å². The van der Waals surface area contributed by atoms with Crippen LogP contribution < -0.4 is 5.32 Å². The van der Waals surface area contributed by atoms with Gasteiger partial charge in [0.15, 0.2) is 0 Å². The Morgan fingerprint density at radius 2 is 2.42 bits per heavy atom. The minimum absolute atomic E-state index is 0.0295. The number of nitrogens with zero attached hydrogens (tertiary/aromatic N) is 4. The van der Waals surface area contributed by atoms with Gasteiger partial charge in [-0.1, -0.05) is 11.2 Å². The molecule has 7 nitrogen and oxygen atoms in total. The highest BCUT2D eigenvalue weighted by molar-refractivity contribution is 7.09. The first kappa shape index (κ1) is 17.0. The Bertz CT molecular complexity index is 870. The van der Waals surface area contributed by atoms with Crippen LogP contribution in [0.15, 0.2) is 40.6 Å². The summed E-state index contributed by atoms with van der Waals surface area (Å²) in [6.45, 7) is 4.54. The molecule has 1 aliphatic heterocycles. The van der Waals surface area contributed by atoms with E-state index in [4.69, 9.17) is 4.52 Å². The molecule has 3 aromatic heterocycles. The molecule has 26 heavy (non-hydrogen) atoms. The quantitative estimate of drug-likeness (QED) is 0.719. The maximum Gasteiger partial charge on any atom is 0.244 e. The van der Waals surface area contributed by atoms with Crippen molar-refractivity contribution in [2.75, 3.05) is 13.1 Å². The first-order chi connectivity index (χ1) is 12.7. The van der Waals surface area contributed by atoms with Crippen LogP contribution in [0.25, 0.3) is 0 Å². The Morgan fingerprint density at radius 1 is 1.50 bits per heavy atom. The van der Waals surface area contributed by atoms with Gasteiger partial charge in [0.2, 0.25) is 5.91 Å². The van der Waals surface area contributed by atoms with Crippen LogP contribution in [0, 0.1) is 6.92 Å². The molecule has 0 saturated carbocycles. The summed E-state index contributed by atoms with van der Waals surface area (Å²) in [6.07, 6.45) is 4.43. The average Bonchev–Trinajstić information content (AvgIpc) is 3.36. The van der Waals surface area contributed by atoms with Crippen LogP contribution in [0.2, 0.25) is 0 Å². The lowest BCUT2D eigenvalue weighted by Gasteiger charge is -2.33. The van der Waals surface area contributed by atoms with Gasteiger partial charge in [-0.15, -0.1) is 11.3 Å². The molecule has 1 N–H and O–H groups in total. The van der Waals surface area contributed by atoms with Crippen LogP contribution in [0.1, 0.15) is 28.1 Å². The van der Waals surface area contributed by atoms with Gasteiger partial charge >= 0.3 is 0 Å². The number of hydrogen-bond donors (Lipinski definition) is 1. The van der Waals surface area contributed by atoms with E-state index in [-0.39, 0.29) is 11.9 Å². The molecule has 8 heteroatoms. The second kappa shape index (κ2) is 7.43. The van der Waals surface area contributed by atoms with Crippen LogP contribution >= 0.6 is 11.3 Å². The number of aromatic nitrogens is 3. The third kappa shape index (κ3) is 3.71. The summed E-state index contributed by atoms with van der Waals surface area (Å²) >= 11 is 1.71. The number of nitrogens with one attached hydrogen (secondary N) is 1. The average molecular weight is 371 g/mol. The van der Waals surface area contributed by atoms with E-state index in [9.17, 15) is 4.79 Å². The van der Waals surface area contributed by atoms with Crippen molar-refractivity contribution in [2.24, 2.45) is 0 Å². The van der Waals surface area contributed by atoms with Gasteiger partial charge in [-0.3, -0.25) is 9.69 Å². The molecule has 0 spiro atoms. The standard InChI is InChI=1S/C18H21N5O2S/c1-13-7-14(21-25-13)9-22-10-15-8-19-12-23(15)17(11-22)18(24)20-5-4-16-3-2-6-26-16/h2-3,6-8,12,17H,4-5,9-11H2,1H3,(H,20,24)/t17-/m0/s1. The van der Waals surface area contributed by atoms with E-state index >= 15 is 0 Å². The van der Waals surface area contributed by atoms with E-state index in [1.165, 1.54) is 4.88 Å². The lowest BCUT2D eigenvalue weighted by molar-refractivity contribution is -0.125. The molecule has 136 valence electrons. The molecule has 1 aliphatic rings. The van der Waals surface area contributed by atoms with Crippen molar-refractivity contribution < 1.29 is 9.32 Å². The lowest BCUT2D eigenvalue weighted by atomic mass is 10.1. The van der Waals surface area contributed by atoms with E-state index < -0.39 is 0 Å². The highest BCUT2D eigenvalue weighted by Gasteiger charge is 2.30. The first-order valence-corrected chi connectivity index (χ1v) is 9.52. The van der Waals surface area contributed by atoms with Gasteiger partial charge in [0.25, 0.3) is 0 Å². The minimum Gasteiger partial charge on any atom is -0.361 e. The Kier molecular flexibility index (Phi) is 4.85. The third-order valence-electron chi connectivity index (χ3n) is 4.51. The van der Waals surface area contributed by atoms with Crippen molar-refractivity contribution in [1.29, 1.82) is 0 Å². The largest absolute Gasteiger partial charge is 0.361 e. The zero-order valence-electron chi connectivity index (χ0n) is 14.6. The van der Waals surface area contributed by atoms with Gasteiger partial charge in [0.05, 0.1) is 17.7 Å². The summed E-state index contributed by atoms with van der Waals surface area (Å²) in [5.41, 5.74) is 1.92. The van der Waals surface area contributed by atoms with Gasteiger partial charge < -0.3 is 14.4 Å². The normalized spacial score (nSPS) is 17.2. The summed E-state index contributed by atoms with van der Waals surface area (Å²) in [7, 11) is 0. The SMILES string of the molecule is Cc1cc(CN2Cc3cncn3[C@H](C(=O)NCCc3cccs3)C2)no1. The Balaban J connectivity index is 1.41. The van der Waals surface area contributed by atoms with Crippen molar-refractivity contribution in [1.82, 2.24) is 24.9 Å². The Morgan fingerprint density at radius 3 is 3.19 bits per heavy atom. The van der Waals surface area contributed by atoms with Gasteiger partial charge in [0.1, 0.15) is 11.8 Å². The van der Waals surface area contributed by atoms with Crippen LogP contribution in [0.4, 0.5) is 0 Å². The fraction of sp³-hybridized carbons (Fsp3) is 0.389. The van der Waals surface area contributed by atoms with E-state index in [2.05, 4.69) is 31.8 Å². The molecule has 0 fully saturated rings. The van der Waals surface area contributed by atoms with E-state index in [1.807, 2.05) is 29.8 Å². The number of hydrogen-bond acceptors (Lipinski definition) is 6. The molecule has 0 radical (unpaired) electrons. The zero-order valence-corrected chi connectivity index (χ0v) is 15.4. The number of amides is 1. The molecule has 0 bridgehead atoms. The van der Waals surface area contributed by atoms with Crippen LogP contribution in [-0.2, 0) is 24.3 Å². The first-order valence-electron chi connectivity index (χ1n) is 8.64. The summed E-state index contributed by atoms with van der Waals surface area (Å²) in [5, 5.41) is 9.19. The molecule has 1 amide bonds. The van der Waals surface area contributed by atoms with Crippen molar-refractivity contribution in [3.8, 4) is 0 Å². The third-order valence-corrected chi connectivity index (χ3v) is 5.45. The predicted octanol–water partition coefficient (Wildman–Crippen LogP) is 2.16. The number of aryl methyl sites for hydroxylation is 1. The number of fused-ring (bicyclic) bond motifs is 1. The van der Waals surface area contributed by atoms with E-state index in [1.54, 1.807) is 17.7 Å². The molecular weight excluding hydrogens is 350 g/mol. The molecule has 0 aliphatic carbocycles. The fourth-order valence-corrected chi connectivity index (χ4v) is 4.00. The van der Waals surface area contributed by atoms with E-state index in [0.717, 1.165) is 30.1 Å². The summed E-state index contributed by atoms with van der Waals surface area (Å²) in [4.78, 5) is 20.5. The van der Waals surface area contributed by atoms with Crippen LogP contribution in [0.3, 0.4) is 0 Å². The molecule has 0 aromatic carbocycles. The second-order valence-electron chi connectivity index (χ2n) is 6.53. The Labute approximate surface area is 155 Å². The number of carbonyl (C=O) groups is 1. The highest BCUT2D eigenvalue weighted by atomic mass is 32.1. The van der Waals surface area contributed by atoms with Crippen molar-refractivity contribution >= 4 is 17.2 Å². The summed E-state index contributed by atoms with van der Waals surface area (Å²) in [5.74, 6) is 0.826. The topological polar surface area (TPSA) is 76.2 Å². The molecule has 1 atom stereocenters. The van der Waals surface area contributed by atoms with Crippen molar-refractivity contribution in [3.05, 3.63) is 58.1 Å². The lowest BCUT2D eigenvalue weighted by Crippen LogP contribution is -2.44. The fourth-order valence-electron chi connectivity index (χ4n) is 3.29. The van der Waals surface area contributed by atoms with Crippen molar-refractivity contribution in [2.45, 2.75) is 32.5 Å². The number of carbonyl (C=O) groups excluding carboxylic acids is 1. The smallest absolute Gasteiger partial charge is 0.244 e. The predicted molar refractivity (Wildman–Crippen MR) is 97.7 cm³/mol. The molecular formula is C18H21N5O2S. The van der Waals surface area contributed by atoms with E-state index in [0.29, 0.717) is 19.6 Å². The van der Waals surface area contributed by atoms with Gasteiger partial charge in [-0.2, -0.15) is 0 Å². The summed E-state index contributed by atoms with van der Waals surface area (Å²) < 4.78 is 7.13. The van der Waals surface area contributed by atoms with Crippen LogP contribution in [0.5, 0.6) is 0 Å². The number of rotatable bonds is 6. The highest BCUT2D eigenvalue weighted by Crippen LogP contribution is 2.22. The minimum atomic E-state index is -0.280. The second-order valence-corrected chi connectivity index (χ2v) is 7.56.